The second-order valence-corrected chi connectivity index (χ2v) is 5.85. The zero-order chi connectivity index (χ0) is 9.73. The van der Waals surface area contributed by atoms with Crippen LogP contribution >= 0.6 is 11.8 Å². The second-order valence-electron chi connectivity index (χ2n) is 3.10. The summed E-state index contributed by atoms with van der Waals surface area (Å²) in [5.41, 5.74) is 0. The lowest BCUT2D eigenvalue weighted by Crippen LogP contribution is -2.35. The molecule has 0 bridgehead atoms. The second kappa shape index (κ2) is 5.19. The molecule has 1 heterocycles. The van der Waals surface area contributed by atoms with E-state index in [0.29, 0.717) is 12.6 Å². The van der Waals surface area contributed by atoms with Crippen LogP contribution in [0, 0.1) is 0 Å². The van der Waals surface area contributed by atoms with Gasteiger partial charge in [0.05, 0.1) is 15.9 Å². The maximum absolute atomic E-state index is 10.3. The van der Waals surface area contributed by atoms with Gasteiger partial charge in [-0.2, -0.15) is 11.8 Å². The highest BCUT2D eigenvalue weighted by Gasteiger charge is 2.12. The van der Waals surface area contributed by atoms with Gasteiger partial charge in [0.15, 0.2) is 0 Å². The summed E-state index contributed by atoms with van der Waals surface area (Å²) in [6.45, 7) is 0.293. The van der Waals surface area contributed by atoms with Gasteiger partial charge in [0.1, 0.15) is 0 Å². The predicted octanol–water partition coefficient (Wildman–Crippen LogP) is 0.0168. The molecule has 1 saturated heterocycles. The lowest BCUT2D eigenvalue weighted by molar-refractivity contribution is 0.451. The van der Waals surface area contributed by atoms with Crippen LogP contribution in [-0.2, 0) is 10.1 Å². The van der Waals surface area contributed by atoms with Crippen LogP contribution in [0.25, 0.3) is 0 Å². The monoisotopic (exact) mass is 224 g/mol. The Morgan fingerprint density at radius 1 is 1.38 bits per heavy atom. The smallest absolute Gasteiger partial charge is 0.0958 e. The van der Waals surface area contributed by atoms with Crippen LogP contribution in [-0.4, -0.2) is 42.8 Å². The quantitative estimate of drug-likeness (QED) is 0.682. The lowest BCUT2D eigenvalue weighted by atomic mass is 10.1. The molecule has 13 heavy (non-hydrogen) atoms. The Bertz CT molecular complexity index is 234. The van der Waals surface area contributed by atoms with Gasteiger partial charge in [0.2, 0.25) is 0 Å². The van der Waals surface area contributed by atoms with Crippen molar-refractivity contribution in [2.24, 2.45) is 0 Å². The van der Waals surface area contributed by atoms with E-state index in [0.717, 1.165) is 24.3 Å². The first-order chi connectivity index (χ1) is 6.08. The number of rotatable bonds is 4. The van der Waals surface area contributed by atoms with Gasteiger partial charge < -0.3 is 9.87 Å². The van der Waals surface area contributed by atoms with Gasteiger partial charge >= 0.3 is 0 Å². The molecule has 0 aromatic heterocycles. The molecule has 0 aromatic carbocycles. The Kier molecular flexibility index (Phi) is 4.51. The molecule has 0 saturated carbocycles. The molecule has 1 rings (SSSR count). The van der Waals surface area contributed by atoms with E-state index >= 15 is 0 Å². The first-order valence-corrected chi connectivity index (χ1v) is 7.06. The predicted molar refractivity (Wildman–Crippen MR) is 52.9 cm³/mol. The molecule has 1 N–H and O–H groups in total. The maximum atomic E-state index is 10.3. The molecule has 0 aliphatic carbocycles. The fraction of sp³-hybridized carbons (Fsp3) is 1.00. The number of hydrogen-bond donors (Lipinski definition) is 1. The number of nitrogens with one attached hydrogen (secondary N) is 1. The topological polar surface area (TPSA) is 69.2 Å². The highest BCUT2D eigenvalue weighted by atomic mass is 32.2. The van der Waals surface area contributed by atoms with Crippen molar-refractivity contribution < 1.29 is 13.0 Å². The van der Waals surface area contributed by atoms with Crippen LogP contribution in [0.15, 0.2) is 0 Å². The fourth-order valence-corrected chi connectivity index (χ4v) is 2.76. The van der Waals surface area contributed by atoms with Crippen molar-refractivity contribution in [1.29, 1.82) is 0 Å². The third-order valence-electron chi connectivity index (χ3n) is 2.01. The molecule has 0 amide bonds. The normalized spacial score (nSPS) is 20.4. The minimum absolute atomic E-state index is 0.293. The average Bonchev–Trinajstić information content (AvgIpc) is 2.04. The zero-order valence-electron chi connectivity index (χ0n) is 7.36. The summed E-state index contributed by atoms with van der Waals surface area (Å²) in [5.74, 6) is 1.96. The van der Waals surface area contributed by atoms with Crippen LogP contribution in [0.2, 0.25) is 0 Å². The fourth-order valence-electron chi connectivity index (χ4n) is 1.29. The molecule has 6 heteroatoms. The Labute approximate surface area is 83.2 Å². The Hall–Kier alpha value is 0.220. The van der Waals surface area contributed by atoms with Crippen molar-refractivity contribution in [2.75, 3.05) is 23.8 Å². The first-order valence-electron chi connectivity index (χ1n) is 4.32. The standard InChI is InChI=1S/C7H15NO3S2/c9-13(10,11)6-3-8-7-1-4-12-5-2-7/h7-8H,1-6H2,(H,9,10,11)/p-1. The molecule has 78 valence electrons. The largest absolute Gasteiger partial charge is 0.748 e. The minimum Gasteiger partial charge on any atom is -0.748 e. The van der Waals surface area contributed by atoms with Crippen LogP contribution in [0.3, 0.4) is 0 Å². The Morgan fingerprint density at radius 3 is 2.54 bits per heavy atom. The lowest BCUT2D eigenvalue weighted by Gasteiger charge is -2.22. The average molecular weight is 224 g/mol. The van der Waals surface area contributed by atoms with Gasteiger partial charge in [-0.3, -0.25) is 0 Å². The summed E-state index contributed by atoms with van der Waals surface area (Å²) in [7, 11) is -4.04. The van der Waals surface area contributed by atoms with Crippen molar-refractivity contribution in [3.63, 3.8) is 0 Å². The van der Waals surface area contributed by atoms with E-state index in [2.05, 4.69) is 5.32 Å². The van der Waals surface area contributed by atoms with Crippen LogP contribution in [0.1, 0.15) is 12.8 Å². The van der Waals surface area contributed by atoms with Crippen LogP contribution in [0.5, 0.6) is 0 Å². The highest BCUT2D eigenvalue weighted by Crippen LogP contribution is 2.16. The Morgan fingerprint density at radius 2 is 2.00 bits per heavy atom. The van der Waals surface area contributed by atoms with Crippen molar-refractivity contribution in [3.05, 3.63) is 0 Å². The molecule has 1 aliphatic rings. The van der Waals surface area contributed by atoms with Crippen molar-refractivity contribution >= 4 is 21.9 Å². The van der Waals surface area contributed by atoms with E-state index in [1.807, 2.05) is 11.8 Å². The van der Waals surface area contributed by atoms with Gasteiger partial charge in [-0.15, -0.1) is 0 Å². The maximum Gasteiger partial charge on any atom is 0.0958 e. The van der Waals surface area contributed by atoms with Gasteiger partial charge in [-0.25, -0.2) is 8.42 Å². The summed E-state index contributed by atoms with van der Waals surface area (Å²) in [6, 6.07) is 0.406. The first kappa shape index (κ1) is 11.3. The van der Waals surface area contributed by atoms with Gasteiger partial charge in [0, 0.05) is 12.6 Å². The third-order valence-corrected chi connectivity index (χ3v) is 3.76. The van der Waals surface area contributed by atoms with E-state index in [1.165, 1.54) is 0 Å². The minimum atomic E-state index is -4.04. The van der Waals surface area contributed by atoms with E-state index in [9.17, 15) is 13.0 Å². The summed E-state index contributed by atoms with van der Waals surface area (Å²) in [6.07, 6.45) is 2.15. The SMILES string of the molecule is O=S(=O)([O-])CCNC1CCSCC1. The van der Waals surface area contributed by atoms with E-state index in [1.54, 1.807) is 0 Å². The number of hydrogen-bond acceptors (Lipinski definition) is 5. The van der Waals surface area contributed by atoms with Crippen LogP contribution in [0.4, 0.5) is 0 Å². The summed E-state index contributed by atoms with van der Waals surface area (Å²) in [4.78, 5) is 0. The highest BCUT2D eigenvalue weighted by molar-refractivity contribution is 7.99. The molecular formula is C7H14NO3S2-. The van der Waals surface area contributed by atoms with Crippen molar-refractivity contribution in [3.8, 4) is 0 Å². The molecule has 0 aromatic rings. The van der Waals surface area contributed by atoms with Crippen molar-refractivity contribution in [2.45, 2.75) is 18.9 Å². The summed E-state index contributed by atoms with van der Waals surface area (Å²) >= 11 is 1.92. The van der Waals surface area contributed by atoms with E-state index < -0.39 is 10.1 Å². The molecule has 0 atom stereocenters. The van der Waals surface area contributed by atoms with Gasteiger partial charge in [0.25, 0.3) is 0 Å². The number of thioether (sulfide) groups is 1. The van der Waals surface area contributed by atoms with Crippen LogP contribution < -0.4 is 5.32 Å². The molecule has 0 unspecified atom stereocenters. The Balaban J connectivity index is 2.11. The molecule has 1 fully saturated rings. The third kappa shape index (κ3) is 5.51. The summed E-state index contributed by atoms with van der Waals surface area (Å²) < 4.78 is 30.8. The molecule has 0 radical (unpaired) electrons. The molecule has 4 nitrogen and oxygen atoms in total. The van der Waals surface area contributed by atoms with E-state index in [-0.39, 0.29) is 5.75 Å². The van der Waals surface area contributed by atoms with Crippen molar-refractivity contribution in [1.82, 2.24) is 5.32 Å². The van der Waals surface area contributed by atoms with E-state index in [4.69, 9.17) is 0 Å². The zero-order valence-corrected chi connectivity index (χ0v) is 8.99. The molecule has 0 spiro atoms. The molecule has 1 aliphatic heterocycles. The summed E-state index contributed by atoms with van der Waals surface area (Å²) in [5, 5.41) is 3.09. The molecular weight excluding hydrogens is 210 g/mol. The van der Waals surface area contributed by atoms with Gasteiger partial charge in [-0.1, -0.05) is 0 Å². The van der Waals surface area contributed by atoms with Gasteiger partial charge in [-0.05, 0) is 24.3 Å².